The summed E-state index contributed by atoms with van der Waals surface area (Å²) in [7, 11) is 0. The van der Waals surface area contributed by atoms with Gasteiger partial charge in [0.15, 0.2) is 0 Å². The van der Waals surface area contributed by atoms with Crippen LogP contribution in [0.15, 0.2) is 0 Å². The van der Waals surface area contributed by atoms with Gasteiger partial charge in [-0.25, -0.2) is 5.06 Å². The third-order valence-electron chi connectivity index (χ3n) is 2.07. The van der Waals surface area contributed by atoms with E-state index in [1.807, 2.05) is 13.8 Å². The Labute approximate surface area is 87.5 Å². The third-order valence-corrected chi connectivity index (χ3v) is 3.52. The van der Waals surface area contributed by atoms with Crippen LogP contribution in [0.25, 0.3) is 0 Å². The van der Waals surface area contributed by atoms with E-state index in [-0.39, 0.29) is 10.7 Å². The highest BCUT2D eigenvalue weighted by molar-refractivity contribution is 9.10. The van der Waals surface area contributed by atoms with Gasteiger partial charge in [0.05, 0.1) is 11.4 Å². The van der Waals surface area contributed by atoms with Crippen molar-refractivity contribution in [1.82, 2.24) is 5.06 Å². The fraction of sp³-hybridized carbons (Fsp3) is 0.889. The molecule has 1 heterocycles. The third kappa shape index (κ3) is 2.95. The summed E-state index contributed by atoms with van der Waals surface area (Å²) in [5, 5.41) is 1.49. The van der Waals surface area contributed by atoms with Crippen LogP contribution in [0.1, 0.15) is 26.7 Å². The lowest BCUT2D eigenvalue weighted by Crippen LogP contribution is -2.41. The normalized spacial score (nSPS) is 20.5. The summed E-state index contributed by atoms with van der Waals surface area (Å²) in [5.41, 5.74) is 0. The largest absolute Gasteiger partial charge is 0.271 e. The minimum absolute atomic E-state index is 0.0506. The average Bonchev–Trinajstić information content (AvgIpc) is 2.17. The lowest BCUT2D eigenvalue weighted by molar-refractivity contribution is -0.196. The maximum absolute atomic E-state index is 11.7. The van der Waals surface area contributed by atoms with Crippen molar-refractivity contribution >= 4 is 21.8 Å². The number of carbonyl (C=O) groups excluding carboxylic acids is 1. The van der Waals surface area contributed by atoms with Crippen molar-refractivity contribution < 1.29 is 9.63 Å². The second-order valence-corrected chi connectivity index (χ2v) is 4.61. The fourth-order valence-electron chi connectivity index (χ4n) is 1.19. The number of carbonyl (C=O) groups is 1. The molecule has 0 aromatic carbocycles. The van der Waals surface area contributed by atoms with Crippen LogP contribution in [-0.2, 0) is 9.63 Å². The molecular formula is C9H16BrNO2. The van der Waals surface area contributed by atoms with Gasteiger partial charge >= 0.3 is 0 Å². The highest BCUT2D eigenvalue weighted by atomic mass is 79.9. The van der Waals surface area contributed by atoms with Crippen LogP contribution in [0.2, 0.25) is 0 Å². The Morgan fingerprint density at radius 3 is 2.62 bits per heavy atom. The second kappa shape index (κ2) is 4.96. The molecule has 1 amide bonds. The van der Waals surface area contributed by atoms with Gasteiger partial charge in [-0.2, -0.15) is 0 Å². The molecule has 4 heteroatoms. The number of hydroxylamine groups is 2. The number of nitrogens with zero attached hydrogens (tertiary/aromatic N) is 1. The molecule has 3 nitrogen and oxygen atoms in total. The Kier molecular flexibility index (Phi) is 4.19. The van der Waals surface area contributed by atoms with Crippen molar-refractivity contribution in [2.45, 2.75) is 31.5 Å². The zero-order valence-corrected chi connectivity index (χ0v) is 9.71. The predicted octanol–water partition coefficient (Wildman–Crippen LogP) is 1.96. The molecule has 0 aromatic heterocycles. The summed E-state index contributed by atoms with van der Waals surface area (Å²) in [4.78, 5) is 16.8. The lowest BCUT2D eigenvalue weighted by atomic mass is 10.1. The first-order valence-electron chi connectivity index (χ1n) is 4.71. The van der Waals surface area contributed by atoms with Gasteiger partial charge in [0, 0.05) is 6.54 Å². The van der Waals surface area contributed by atoms with E-state index >= 15 is 0 Å². The van der Waals surface area contributed by atoms with Crippen LogP contribution in [0.5, 0.6) is 0 Å². The van der Waals surface area contributed by atoms with Gasteiger partial charge < -0.3 is 0 Å². The van der Waals surface area contributed by atoms with Crippen molar-refractivity contribution in [3.05, 3.63) is 0 Å². The zero-order valence-electron chi connectivity index (χ0n) is 8.12. The van der Waals surface area contributed by atoms with E-state index in [9.17, 15) is 4.79 Å². The zero-order chi connectivity index (χ0) is 9.84. The van der Waals surface area contributed by atoms with Gasteiger partial charge in [0.1, 0.15) is 0 Å². The van der Waals surface area contributed by atoms with Crippen LogP contribution >= 0.6 is 15.9 Å². The van der Waals surface area contributed by atoms with E-state index in [2.05, 4.69) is 15.9 Å². The number of hydrogen-bond donors (Lipinski definition) is 0. The van der Waals surface area contributed by atoms with Crippen molar-refractivity contribution in [2.75, 3.05) is 13.2 Å². The molecular weight excluding hydrogens is 234 g/mol. The molecule has 0 spiro atoms. The summed E-state index contributed by atoms with van der Waals surface area (Å²) in [6.45, 7) is 5.43. The molecule has 0 bridgehead atoms. The molecule has 1 rings (SSSR count). The maximum atomic E-state index is 11.7. The Bertz CT molecular complexity index is 178. The number of hydrogen-bond acceptors (Lipinski definition) is 2. The van der Waals surface area contributed by atoms with Crippen molar-refractivity contribution in [3.63, 3.8) is 0 Å². The maximum Gasteiger partial charge on any atom is 0.260 e. The minimum Gasteiger partial charge on any atom is -0.271 e. The molecule has 0 N–H and O–H groups in total. The van der Waals surface area contributed by atoms with Gasteiger partial charge in [-0.1, -0.05) is 29.8 Å². The van der Waals surface area contributed by atoms with Gasteiger partial charge in [-0.15, -0.1) is 0 Å². The standard InChI is InChI=1S/C9H16BrNO2/c1-7(2)8(10)9(12)11-5-3-4-6-13-11/h7-8H,3-6H2,1-2H3. The summed E-state index contributed by atoms with van der Waals surface area (Å²) in [5.74, 6) is 0.354. The molecule has 1 atom stereocenters. The Morgan fingerprint density at radius 2 is 2.15 bits per heavy atom. The number of alkyl halides is 1. The topological polar surface area (TPSA) is 29.5 Å². The predicted molar refractivity (Wildman–Crippen MR) is 54.5 cm³/mol. The van der Waals surface area contributed by atoms with Crippen molar-refractivity contribution in [1.29, 1.82) is 0 Å². The van der Waals surface area contributed by atoms with E-state index in [0.717, 1.165) is 19.4 Å². The van der Waals surface area contributed by atoms with Crippen LogP contribution < -0.4 is 0 Å². The summed E-state index contributed by atoms with van der Waals surface area (Å²) in [6.07, 6.45) is 2.10. The SMILES string of the molecule is CC(C)C(Br)C(=O)N1CCCCO1. The van der Waals surface area contributed by atoms with E-state index in [0.29, 0.717) is 12.5 Å². The van der Waals surface area contributed by atoms with E-state index < -0.39 is 0 Å². The van der Waals surface area contributed by atoms with Gasteiger partial charge in [0.25, 0.3) is 5.91 Å². The Morgan fingerprint density at radius 1 is 1.46 bits per heavy atom. The van der Waals surface area contributed by atoms with Crippen molar-refractivity contribution in [2.24, 2.45) is 5.92 Å². The van der Waals surface area contributed by atoms with E-state index in [1.165, 1.54) is 5.06 Å². The molecule has 1 aliphatic heterocycles. The van der Waals surface area contributed by atoms with E-state index in [4.69, 9.17) is 4.84 Å². The number of amides is 1. The molecule has 1 fully saturated rings. The van der Waals surface area contributed by atoms with Gasteiger partial charge in [0.2, 0.25) is 0 Å². The minimum atomic E-state index is -0.120. The van der Waals surface area contributed by atoms with E-state index in [1.54, 1.807) is 0 Å². The van der Waals surface area contributed by atoms with Gasteiger partial charge in [-0.05, 0) is 18.8 Å². The highest BCUT2D eigenvalue weighted by Crippen LogP contribution is 2.17. The fourth-order valence-corrected chi connectivity index (χ4v) is 1.42. The number of rotatable bonds is 2. The summed E-state index contributed by atoms with van der Waals surface area (Å²) in [6, 6.07) is 0. The first kappa shape index (κ1) is 11.0. The molecule has 0 aliphatic carbocycles. The van der Waals surface area contributed by atoms with Crippen LogP contribution in [-0.4, -0.2) is 28.9 Å². The van der Waals surface area contributed by atoms with Crippen LogP contribution in [0, 0.1) is 5.92 Å². The average molecular weight is 250 g/mol. The Balaban J connectivity index is 2.45. The molecule has 0 radical (unpaired) electrons. The Hall–Kier alpha value is -0.0900. The van der Waals surface area contributed by atoms with Gasteiger partial charge in [-0.3, -0.25) is 9.63 Å². The second-order valence-electron chi connectivity index (χ2n) is 3.63. The highest BCUT2D eigenvalue weighted by Gasteiger charge is 2.26. The smallest absolute Gasteiger partial charge is 0.260 e. The van der Waals surface area contributed by atoms with Crippen LogP contribution in [0.4, 0.5) is 0 Å². The molecule has 0 saturated carbocycles. The molecule has 0 aromatic rings. The molecule has 1 aliphatic rings. The molecule has 1 unspecified atom stereocenters. The summed E-state index contributed by atoms with van der Waals surface area (Å²) < 4.78 is 0. The molecule has 13 heavy (non-hydrogen) atoms. The summed E-state index contributed by atoms with van der Waals surface area (Å²) >= 11 is 3.37. The first-order valence-corrected chi connectivity index (χ1v) is 5.63. The van der Waals surface area contributed by atoms with Crippen molar-refractivity contribution in [3.8, 4) is 0 Å². The first-order chi connectivity index (χ1) is 6.13. The van der Waals surface area contributed by atoms with Crippen LogP contribution in [0.3, 0.4) is 0 Å². The monoisotopic (exact) mass is 249 g/mol. The molecule has 1 saturated heterocycles. The lowest BCUT2D eigenvalue weighted by Gasteiger charge is -2.28. The number of halogens is 1. The quantitative estimate of drug-likeness (QED) is 0.701. The molecule has 76 valence electrons.